The Morgan fingerprint density at radius 1 is 1.42 bits per heavy atom. The van der Waals surface area contributed by atoms with Crippen LogP contribution in [0.25, 0.3) is 9.65 Å². The molecule has 0 aliphatic carbocycles. The van der Waals surface area contributed by atoms with Crippen molar-refractivity contribution >= 4 is 30.1 Å². The average molecular weight is 324 g/mol. The van der Waals surface area contributed by atoms with Crippen LogP contribution < -0.4 is 10.1 Å². The normalized spacial score (nSPS) is 11.2. The number of ether oxygens (including phenoxy) is 1. The van der Waals surface area contributed by atoms with Gasteiger partial charge in [0.2, 0.25) is 0 Å². The topological polar surface area (TPSA) is 38.3 Å². The predicted octanol–water partition coefficient (Wildman–Crippen LogP) is 2.36. The minimum absolute atomic E-state index is 0.257. The average Bonchev–Trinajstić information content (AvgIpc) is 2.72. The number of carbonyl (C=O) groups is 1. The van der Waals surface area contributed by atoms with Crippen molar-refractivity contribution in [1.82, 2.24) is 5.32 Å². The summed E-state index contributed by atoms with van der Waals surface area (Å²) in [7, 11) is 0. The summed E-state index contributed by atoms with van der Waals surface area (Å²) in [5.41, 5.74) is 1.31. The van der Waals surface area contributed by atoms with E-state index in [9.17, 15) is 4.79 Å². The molecule has 0 amide bonds. The second kappa shape index (κ2) is 6.38. The Balaban J connectivity index is 2.26. The van der Waals surface area contributed by atoms with Crippen LogP contribution in [0.4, 0.5) is 0 Å². The number of hydrogen-bond donors (Lipinski definition) is 1. The summed E-state index contributed by atoms with van der Waals surface area (Å²) in [6.07, 6.45) is 0.977. The van der Waals surface area contributed by atoms with E-state index in [0.717, 1.165) is 18.4 Å². The fourth-order valence-corrected chi connectivity index (χ4v) is 4.16. The van der Waals surface area contributed by atoms with Crippen molar-refractivity contribution in [2.75, 3.05) is 6.54 Å². The van der Waals surface area contributed by atoms with Gasteiger partial charge in [0, 0.05) is 0 Å². The van der Waals surface area contributed by atoms with E-state index in [1.54, 1.807) is 0 Å². The predicted molar refractivity (Wildman–Crippen MR) is 79.0 cm³/mol. The monoisotopic (exact) mass is 325 g/mol. The summed E-state index contributed by atoms with van der Waals surface area (Å²) in [6, 6.07) is 6.46. The molecule has 2 aromatic rings. The van der Waals surface area contributed by atoms with Gasteiger partial charge in [-0.3, -0.25) is 0 Å². The van der Waals surface area contributed by atoms with E-state index in [1.807, 2.05) is 12.1 Å². The van der Waals surface area contributed by atoms with E-state index in [2.05, 4.69) is 30.2 Å². The Morgan fingerprint density at radius 2 is 2.21 bits per heavy atom. The zero-order valence-corrected chi connectivity index (χ0v) is 13.2. The van der Waals surface area contributed by atoms with Gasteiger partial charge in [-0.15, -0.1) is 0 Å². The van der Waals surface area contributed by atoms with E-state index in [0.29, 0.717) is 26.3 Å². The zero-order valence-electron chi connectivity index (χ0n) is 11.5. The van der Waals surface area contributed by atoms with Crippen LogP contribution in [-0.4, -0.2) is 33.1 Å². The number of fused-ring (bicyclic) bond motifs is 1. The third kappa shape index (κ3) is 3.69. The molecule has 0 bridgehead atoms. The molecule has 0 aliphatic rings. The van der Waals surface area contributed by atoms with Gasteiger partial charge in [0.25, 0.3) is 0 Å². The van der Waals surface area contributed by atoms with Crippen molar-refractivity contribution in [3.8, 4) is 5.75 Å². The Bertz CT molecular complexity index is 575. The van der Waals surface area contributed by atoms with Crippen molar-refractivity contribution in [2.45, 2.75) is 33.2 Å². The molecular formula is C15H19NO2Se. The Morgan fingerprint density at radius 3 is 2.89 bits per heavy atom. The summed E-state index contributed by atoms with van der Waals surface area (Å²) in [6.45, 7) is 6.69. The summed E-state index contributed by atoms with van der Waals surface area (Å²) in [4.78, 5) is 13.5. The molecule has 3 nitrogen and oxygen atoms in total. The molecule has 1 aromatic heterocycles. The molecule has 1 heterocycles. The fraction of sp³-hybridized carbons (Fsp3) is 0.400. The van der Waals surface area contributed by atoms with Gasteiger partial charge in [0.05, 0.1) is 0 Å². The number of rotatable bonds is 5. The van der Waals surface area contributed by atoms with Crippen LogP contribution in [0.3, 0.4) is 0 Å². The summed E-state index contributed by atoms with van der Waals surface area (Å²) in [5.74, 6) is 0.452. The van der Waals surface area contributed by atoms with Crippen LogP contribution in [-0.2, 0) is 11.2 Å². The molecule has 1 N–H and O–H groups in total. The van der Waals surface area contributed by atoms with Crippen molar-refractivity contribution in [3.05, 3.63) is 28.7 Å². The molecule has 0 atom stereocenters. The molecule has 19 heavy (non-hydrogen) atoms. The first kappa shape index (κ1) is 14.3. The molecule has 0 spiro atoms. The van der Waals surface area contributed by atoms with Crippen molar-refractivity contribution < 1.29 is 9.53 Å². The second-order valence-electron chi connectivity index (χ2n) is 4.84. The molecule has 1 aromatic carbocycles. The van der Waals surface area contributed by atoms with Gasteiger partial charge in [-0.25, -0.2) is 0 Å². The Kier molecular flexibility index (Phi) is 4.81. The molecule has 0 saturated carbocycles. The molecule has 0 unspecified atom stereocenters. The molecule has 2 rings (SSSR count). The van der Waals surface area contributed by atoms with Gasteiger partial charge in [-0.2, -0.15) is 0 Å². The summed E-state index contributed by atoms with van der Waals surface area (Å²) < 4.78 is 6.64. The zero-order chi connectivity index (χ0) is 13.8. The maximum absolute atomic E-state index is 11.2. The molecule has 0 fully saturated rings. The van der Waals surface area contributed by atoms with Crippen LogP contribution in [0.1, 0.15) is 26.3 Å². The molecule has 0 radical (unpaired) electrons. The van der Waals surface area contributed by atoms with Crippen molar-refractivity contribution in [2.24, 2.45) is 0 Å². The van der Waals surface area contributed by atoms with Crippen LogP contribution in [0.15, 0.2) is 23.1 Å². The van der Waals surface area contributed by atoms with Gasteiger partial charge < -0.3 is 0 Å². The number of benzene rings is 1. The van der Waals surface area contributed by atoms with Crippen LogP contribution >= 0.6 is 0 Å². The van der Waals surface area contributed by atoms with Gasteiger partial charge in [0.1, 0.15) is 0 Å². The minimum atomic E-state index is -0.257. The molecule has 0 saturated heterocycles. The van der Waals surface area contributed by atoms with E-state index < -0.39 is 0 Å². The molecule has 0 aliphatic heterocycles. The van der Waals surface area contributed by atoms with Crippen LogP contribution in [0.2, 0.25) is 0 Å². The van der Waals surface area contributed by atoms with Crippen LogP contribution in [0, 0.1) is 0 Å². The van der Waals surface area contributed by atoms with E-state index in [-0.39, 0.29) is 5.97 Å². The third-order valence-electron chi connectivity index (χ3n) is 2.84. The number of hydrogen-bond acceptors (Lipinski definition) is 3. The Labute approximate surface area is 119 Å². The SMILES string of the molecule is CC(=O)Oc1cccc2[se]cc(CCNC(C)C)c12. The maximum atomic E-state index is 11.2. The van der Waals surface area contributed by atoms with Crippen LogP contribution in [0.5, 0.6) is 5.75 Å². The van der Waals surface area contributed by atoms with Gasteiger partial charge in [-0.1, -0.05) is 0 Å². The summed E-state index contributed by atoms with van der Waals surface area (Å²) >= 11 is 0.360. The number of esters is 1. The molecule has 102 valence electrons. The van der Waals surface area contributed by atoms with Gasteiger partial charge >= 0.3 is 119 Å². The van der Waals surface area contributed by atoms with Crippen molar-refractivity contribution in [3.63, 3.8) is 0 Å². The van der Waals surface area contributed by atoms with Crippen molar-refractivity contribution in [1.29, 1.82) is 0 Å². The fourth-order valence-electron chi connectivity index (χ4n) is 2.04. The van der Waals surface area contributed by atoms with Gasteiger partial charge in [0.15, 0.2) is 0 Å². The quantitative estimate of drug-likeness (QED) is 0.521. The van der Waals surface area contributed by atoms with E-state index in [1.165, 1.54) is 16.7 Å². The third-order valence-corrected chi connectivity index (χ3v) is 4.93. The molecule has 4 heteroatoms. The first-order chi connectivity index (χ1) is 9.08. The number of carbonyl (C=O) groups excluding carboxylic acids is 1. The Hall–Kier alpha value is -1.09. The second-order valence-corrected chi connectivity index (χ2v) is 6.75. The summed E-state index contributed by atoms with van der Waals surface area (Å²) in [5, 5.41) is 4.56. The van der Waals surface area contributed by atoms with E-state index >= 15 is 0 Å². The standard InChI is InChI=1S/C15H19NO2Se/c1-10(2)16-8-7-12-9-19-14-6-4-5-13(15(12)14)18-11(3)17/h4-6,9-10,16H,7-8H2,1-3H3. The molecular weight excluding hydrogens is 305 g/mol. The van der Waals surface area contributed by atoms with Gasteiger partial charge in [-0.05, 0) is 0 Å². The first-order valence-corrected chi connectivity index (χ1v) is 8.33. The number of nitrogens with one attached hydrogen (secondary N) is 1. The van der Waals surface area contributed by atoms with E-state index in [4.69, 9.17) is 4.74 Å². The first-order valence-electron chi connectivity index (χ1n) is 6.49.